The van der Waals surface area contributed by atoms with Crippen molar-refractivity contribution in [3.63, 3.8) is 0 Å². The number of Topliss-reactive ketones (excluding diaryl/α,β-unsaturated/α-hetero) is 2. The van der Waals surface area contributed by atoms with Crippen LogP contribution in [0.4, 0.5) is 5.69 Å². The van der Waals surface area contributed by atoms with Crippen LogP contribution in [0.1, 0.15) is 15.9 Å². The number of aromatic hydroxyl groups is 1. The number of aliphatic hydroxyl groups is 4. The molecule has 34 heavy (non-hydrogen) atoms. The highest BCUT2D eigenvalue weighted by Gasteiger charge is 2.66. The SMILES string of the molecule is CN(C)c1ccc(O)c2c1C[C@@H]1C(=C(O)[C@]3(O)C(=O)C(C(N)=O)=C(O)[C@@H](N(C)C)[C@@H]3[C@H]1O)C2=O. The van der Waals surface area contributed by atoms with Crippen LogP contribution in [0.5, 0.6) is 5.75 Å². The van der Waals surface area contributed by atoms with Crippen molar-refractivity contribution in [2.75, 3.05) is 33.1 Å². The van der Waals surface area contributed by atoms with E-state index in [1.54, 1.807) is 25.1 Å². The van der Waals surface area contributed by atoms with Crippen LogP contribution in [-0.4, -0.2) is 93.8 Å². The Hall–Kier alpha value is -3.41. The molecule has 1 amide bonds. The summed E-state index contributed by atoms with van der Waals surface area (Å²) in [4.78, 5) is 41.9. The van der Waals surface area contributed by atoms with Crippen molar-refractivity contribution in [1.29, 1.82) is 0 Å². The monoisotopic (exact) mass is 473 g/mol. The third-order valence-electron chi connectivity index (χ3n) is 7.15. The number of carbonyl (C=O) groups excluding carboxylic acids is 3. The minimum atomic E-state index is -2.90. The molecule has 0 aromatic heterocycles. The number of aliphatic hydroxyl groups excluding tert-OH is 3. The zero-order valence-corrected chi connectivity index (χ0v) is 19.1. The van der Waals surface area contributed by atoms with Crippen LogP contribution < -0.4 is 10.6 Å². The van der Waals surface area contributed by atoms with Crippen molar-refractivity contribution >= 4 is 23.2 Å². The molecule has 4 rings (SSSR count). The third-order valence-corrected chi connectivity index (χ3v) is 7.15. The van der Waals surface area contributed by atoms with Gasteiger partial charge in [-0.05, 0) is 38.2 Å². The van der Waals surface area contributed by atoms with E-state index in [0.717, 1.165) is 0 Å². The van der Waals surface area contributed by atoms with Gasteiger partial charge in [-0.2, -0.15) is 0 Å². The van der Waals surface area contributed by atoms with E-state index in [4.69, 9.17) is 5.73 Å². The van der Waals surface area contributed by atoms with Crippen LogP contribution in [0.25, 0.3) is 0 Å². The fraction of sp³-hybridized carbons (Fsp3) is 0.435. The average Bonchev–Trinajstić information content (AvgIpc) is 2.73. The molecule has 1 aromatic rings. The number of nitrogens with zero attached hydrogens (tertiary/aromatic N) is 2. The molecule has 0 spiro atoms. The topological polar surface area (TPSA) is 185 Å². The van der Waals surface area contributed by atoms with Crippen molar-refractivity contribution in [3.8, 4) is 5.75 Å². The highest BCUT2D eigenvalue weighted by molar-refractivity contribution is 6.25. The van der Waals surface area contributed by atoms with Crippen molar-refractivity contribution in [2.45, 2.75) is 24.2 Å². The summed E-state index contributed by atoms with van der Waals surface area (Å²) in [5.74, 6) is -8.31. The Morgan fingerprint density at radius 3 is 2.26 bits per heavy atom. The van der Waals surface area contributed by atoms with Gasteiger partial charge in [0.1, 0.15) is 22.8 Å². The lowest BCUT2D eigenvalue weighted by Gasteiger charge is -2.52. The van der Waals surface area contributed by atoms with Gasteiger partial charge in [-0.1, -0.05) is 0 Å². The standard InChI is InChI=1S/C23H27N3O8/c1-25(2)10-5-6-11(27)12-8(10)7-9-13(18(12)29)20(31)23(34)15(17(9)28)16(26(3)4)19(30)14(21(23)32)22(24)33/h5-6,9,15-17,27-28,30-31,34H,7H2,1-4H3,(H2,24,33)/t9-,15-,16+,17+,23+/m1/s1. The first-order chi connectivity index (χ1) is 15.8. The Balaban J connectivity index is 2.03. The molecule has 1 aromatic carbocycles. The molecule has 11 heteroatoms. The largest absolute Gasteiger partial charge is 0.510 e. The van der Waals surface area contributed by atoms with Crippen LogP contribution in [0.3, 0.4) is 0 Å². The number of amides is 1. The van der Waals surface area contributed by atoms with E-state index in [1.807, 2.05) is 0 Å². The van der Waals surface area contributed by atoms with Crippen LogP contribution in [0.15, 0.2) is 34.8 Å². The summed E-state index contributed by atoms with van der Waals surface area (Å²) in [6, 6.07) is 1.65. The van der Waals surface area contributed by atoms with E-state index < -0.39 is 69.7 Å². The Bertz CT molecular complexity index is 1200. The first-order valence-corrected chi connectivity index (χ1v) is 10.6. The number of likely N-dealkylation sites (N-methyl/N-ethyl adjacent to an activating group) is 1. The Morgan fingerprint density at radius 2 is 1.74 bits per heavy atom. The molecule has 0 bridgehead atoms. The second-order valence-corrected chi connectivity index (χ2v) is 9.40. The number of hydrogen-bond donors (Lipinski definition) is 6. The maximum Gasteiger partial charge on any atom is 0.255 e. The molecule has 7 N–H and O–H groups in total. The molecule has 182 valence electrons. The molecular formula is C23H27N3O8. The quantitative estimate of drug-likeness (QED) is 0.302. The smallest absolute Gasteiger partial charge is 0.255 e. The van der Waals surface area contributed by atoms with Gasteiger partial charge < -0.3 is 36.2 Å². The maximum absolute atomic E-state index is 13.5. The molecule has 11 nitrogen and oxygen atoms in total. The zero-order valence-electron chi connectivity index (χ0n) is 19.1. The molecule has 3 aliphatic rings. The average molecular weight is 473 g/mol. The van der Waals surface area contributed by atoms with Crippen LogP contribution in [0, 0.1) is 11.8 Å². The second-order valence-electron chi connectivity index (χ2n) is 9.40. The summed E-state index contributed by atoms with van der Waals surface area (Å²) < 4.78 is 0. The van der Waals surface area contributed by atoms with E-state index in [9.17, 15) is 39.9 Å². The third kappa shape index (κ3) is 2.84. The van der Waals surface area contributed by atoms with E-state index in [0.29, 0.717) is 11.3 Å². The van der Waals surface area contributed by atoms with Crippen LogP contribution in [-0.2, 0) is 16.0 Å². The molecule has 5 atom stereocenters. The number of nitrogens with two attached hydrogens (primary N) is 1. The molecule has 0 saturated carbocycles. The summed E-state index contributed by atoms with van der Waals surface area (Å²) in [5, 5.41) is 55.4. The van der Waals surface area contributed by atoms with Gasteiger partial charge in [-0.15, -0.1) is 0 Å². The minimum Gasteiger partial charge on any atom is -0.510 e. The number of benzene rings is 1. The molecular weight excluding hydrogens is 446 g/mol. The van der Waals surface area contributed by atoms with Gasteiger partial charge in [0.05, 0.1) is 23.6 Å². The van der Waals surface area contributed by atoms with Gasteiger partial charge in [0.25, 0.3) is 5.91 Å². The van der Waals surface area contributed by atoms with Crippen LogP contribution >= 0.6 is 0 Å². The Labute approximate surface area is 195 Å². The maximum atomic E-state index is 13.5. The first kappa shape index (κ1) is 23.7. The lowest BCUT2D eigenvalue weighted by Crippen LogP contribution is -2.68. The van der Waals surface area contributed by atoms with Gasteiger partial charge in [0.2, 0.25) is 5.78 Å². The fourth-order valence-electron chi connectivity index (χ4n) is 5.67. The normalized spacial score (nSPS) is 30.8. The number of phenols is 1. The van der Waals surface area contributed by atoms with E-state index in [1.165, 1.54) is 25.1 Å². The lowest BCUT2D eigenvalue weighted by molar-refractivity contribution is -0.161. The van der Waals surface area contributed by atoms with E-state index >= 15 is 0 Å². The zero-order chi connectivity index (χ0) is 25.4. The van der Waals surface area contributed by atoms with Gasteiger partial charge in [0.15, 0.2) is 11.4 Å². The number of hydrogen-bond acceptors (Lipinski definition) is 10. The minimum absolute atomic E-state index is 0.00236. The molecule has 0 fully saturated rings. The highest BCUT2D eigenvalue weighted by Crippen LogP contribution is 2.53. The van der Waals surface area contributed by atoms with Crippen molar-refractivity contribution in [1.82, 2.24) is 4.90 Å². The van der Waals surface area contributed by atoms with Crippen molar-refractivity contribution in [2.24, 2.45) is 17.6 Å². The molecule has 3 aliphatic carbocycles. The van der Waals surface area contributed by atoms with Crippen molar-refractivity contribution in [3.05, 3.63) is 45.9 Å². The van der Waals surface area contributed by atoms with Crippen LogP contribution in [0.2, 0.25) is 0 Å². The number of phenolic OH excluding ortho intramolecular Hbond substituents is 1. The van der Waals surface area contributed by atoms with Gasteiger partial charge in [0, 0.05) is 31.3 Å². The predicted molar refractivity (Wildman–Crippen MR) is 119 cm³/mol. The van der Waals surface area contributed by atoms with E-state index in [-0.39, 0.29) is 17.7 Å². The lowest BCUT2D eigenvalue weighted by atomic mass is 9.57. The Kier molecular flexibility index (Phi) is 5.27. The number of carbonyl (C=O) groups is 3. The first-order valence-electron chi connectivity index (χ1n) is 10.6. The summed E-state index contributed by atoms with van der Waals surface area (Å²) >= 11 is 0. The number of fused-ring (bicyclic) bond motifs is 3. The summed E-state index contributed by atoms with van der Waals surface area (Å²) in [6.07, 6.45) is -1.60. The number of rotatable bonds is 3. The summed E-state index contributed by atoms with van der Waals surface area (Å²) in [7, 11) is 6.46. The van der Waals surface area contributed by atoms with Crippen molar-refractivity contribution < 1.29 is 39.9 Å². The fourth-order valence-corrected chi connectivity index (χ4v) is 5.67. The molecule has 0 radical (unpaired) electrons. The predicted octanol–water partition coefficient (Wildman–Crippen LogP) is -0.843. The van der Waals surface area contributed by atoms with Gasteiger partial charge >= 0.3 is 0 Å². The molecule has 0 unspecified atom stereocenters. The number of anilines is 1. The highest BCUT2D eigenvalue weighted by atomic mass is 16.4. The second kappa shape index (κ2) is 7.55. The molecule has 0 heterocycles. The summed E-state index contributed by atoms with van der Waals surface area (Å²) in [6.45, 7) is 0. The number of ketones is 2. The number of primary amides is 1. The molecule has 0 aliphatic heterocycles. The summed E-state index contributed by atoms with van der Waals surface area (Å²) in [5.41, 5.74) is 1.96. The van der Waals surface area contributed by atoms with E-state index in [2.05, 4.69) is 0 Å². The van der Waals surface area contributed by atoms with Gasteiger partial charge in [-0.25, -0.2) is 0 Å². The Morgan fingerprint density at radius 1 is 1.12 bits per heavy atom. The van der Waals surface area contributed by atoms with Gasteiger partial charge in [-0.3, -0.25) is 19.3 Å². The molecule has 0 saturated heterocycles.